The molecule has 8 heteroatoms. The highest BCUT2D eigenvalue weighted by atomic mass is 16.6. The van der Waals surface area contributed by atoms with Gasteiger partial charge in [-0.25, -0.2) is 4.98 Å². The summed E-state index contributed by atoms with van der Waals surface area (Å²) in [5.41, 5.74) is 0.223. The first-order valence-electron chi connectivity index (χ1n) is 6.87. The van der Waals surface area contributed by atoms with Crippen molar-refractivity contribution in [2.24, 2.45) is 0 Å². The van der Waals surface area contributed by atoms with Gasteiger partial charge < -0.3 is 19.0 Å². The second-order valence-corrected chi connectivity index (χ2v) is 4.65. The molecule has 1 aromatic carbocycles. The molecule has 24 heavy (non-hydrogen) atoms. The van der Waals surface area contributed by atoms with Crippen LogP contribution < -0.4 is 9.47 Å². The van der Waals surface area contributed by atoms with E-state index in [4.69, 9.17) is 13.9 Å². The third-order valence-corrected chi connectivity index (χ3v) is 3.05. The van der Waals surface area contributed by atoms with E-state index in [0.29, 0.717) is 11.5 Å². The molecule has 0 atom stereocenters. The Bertz CT molecular complexity index is 850. The molecule has 0 saturated heterocycles. The number of rotatable bonds is 6. The fourth-order valence-electron chi connectivity index (χ4n) is 1.86. The third-order valence-electron chi connectivity index (χ3n) is 3.05. The maximum atomic E-state index is 12.1. The maximum Gasteiger partial charge on any atom is 0.290 e. The van der Waals surface area contributed by atoms with Gasteiger partial charge in [0.2, 0.25) is 5.82 Å². The molecule has 122 valence electrons. The Morgan fingerprint density at radius 1 is 1.29 bits per heavy atom. The van der Waals surface area contributed by atoms with Gasteiger partial charge in [-0.3, -0.25) is 9.89 Å². The molecule has 2 heterocycles. The molecule has 0 aliphatic heterocycles. The average Bonchev–Trinajstić information content (AvgIpc) is 3.27. The Balaban J connectivity index is 1.70. The number of benzene rings is 1. The van der Waals surface area contributed by atoms with Crippen LogP contribution in [0, 0.1) is 0 Å². The highest BCUT2D eigenvalue weighted by molar-refractivity contribution is 6.07. The molecule has 2 N–H and O–H groups in total. The van der Waals surface area contributed by atoms with E-state index in [-0.39, 0.29) is 23.1 Å². The Morgan fingerprint density at radius 2 is 2.04 bits per heavy atom. The molecule has 2 aromatic heterocycles. The number of nitrogens with one attached hydrogen (secondary N) is 1. The number of hydrogen-bond acceptors (Lipinski definition) is 7. The number of furan rings is 1. The molecule has 0 aliphatic carbocycles. The molecule has 0 fully saturated rings. The number of nitrogens with zero attached hydrogens (tertiary/aromatic N) is 2. The van der Waals surface area contributed by atoms with Crippen molar-refractivity contribution >= 4 is 11.5 Å². The minimum Gasteiger partial charge on any atom is -0.504 e. The minimum atomic E-state index is -0.467. The second kappa shape index (κ2) is 6.69. The standard InChI is InChI=1S/C16H13N3O5/c1-22-11-2-4-12(5-3-11)24-15-6-10(8-23-15)13(20)7-14(21)16-17-9-18-19-16/h2-9,21H,1H3,(H,17,18,19). The molecular formula is C16H13N3O5. The zero-order valence-corrected chi connectivity index (χ0v) is 12.6. The summed E-state index contributed by atoms with van der Waals surface area (Å²) in [5, 5.41) is 15.9. The predicted octanol–water partition coefficient (Wildman–Crippen LogP) is 2.98. The van der Waals surface area contributed by atoms with Crippen LogP contribution in [-0.2, 0) is 0 Å². The molecule has 3 rings (SSSR count). The highest BCUT2D eigenvalue weighted by Crippen LogP contribution is 2.26. The normalized spacial score (nSPS) is 11.3. The first kappa shape index (κ1) is 15.3. The van der Waals surface area contributed by atoms with E-state index in [2.05, 4.69) is 15.2 Å². The van der Waals surface area contributed by atoms with Gasteiger partial charge in [-0.15, -0.1) is 0 Å². The van der Waals surface area contributed by atoms with E-state index in [0.717, 1.165) is 6.08 Å². The third kappa shape index (κ3) is 3.43. The van der Waals surface area contributed by atoms with Crippen LogP contribution >= 0.6 is 0 Å². The van der Waals surface area contributed by atoms with Crippen LogP contribution in [-0.4, -0.2) is 33.2 Å². The van der Waals surface area contributed by atoms with E-state index < -0.39 is 5.78 Å². The van der Waals surface area contributed by atoms with Gasteiger partial charge in [-0.05, 0) is 24.3 Å². The first-order valence-corrected chi connectivity index (χ1v) is 6.87. The van der Waals surface area contributed by atoms with E-state index in [1.807, 2.05) is 0 Å². The number of carbonyl (C=O) groups excluding carboxylic acids is 1. The largest absolute Gasteiger partial charge is 0.504 e. The van der Waals surface area contributed by atoms with Gasteiger partial charge >= 0.3 is 0 Å². The molecule has 0 bridgehead atoms. The lowest BCUT2D eigenvalue weighted by Crippen LogP contribution is -1.95. The van der Waals surface area contributed by atoms with Crippen LogP contribution in [0.2, 0.25) is 0 Å². The van der Waals surface area contributed by atoms with Gasteiger partial charge in [0.05, 0.1) is 12.7 Å². The maximum absolute atomic E-state index is 12.1. The quantitative estimate of drug-likeness (QED) is 0.407. The van der Waals surface area contributed by atoms with Crippen molar-refractivity contribution in [1.29, 1.82) is 0 Å². The molecule has 0 aliphatic rings. The minimum absolute atomic E-state index is 0.0292. The number of aromatic amines is 1. The number of allylic oxidation sites excluding steroid dienone is 1. The van der Waals surface area contributed by atoms with Crippen molar-refractivity contribution in [1.82, 2.24) is 15.2 Å². The van der Waals surface area contributed by atoms with Gasteiger partial charge in [0.1, 0.15) is 24.1 Å². The number of ether oxygens (including phenoxy) is 2. The first-order chi connectivity index (χ1) is 11.7. The molecule has 0 spiro atoms. The number of ketones is 1. The van der Waals surface area contributed by atoms with E-state index in [1.165, 1.54) is 18.7 Å². The fraction of sp³-hybridized carbons (Fsp3) is 0.0625. The number of aliphatic hydroxyl groups excluding tert-OH is 1. The summed E-state index contributed by atoms with van der Waals surface area (Å²) in [6.07, 6.45) is 3.54. The summed E-state index contributed by atoms with van der Waals surface area (Å²) in [4.78, 5) is 15.8. The summed E-state index contributed by atoms with van der Waals surface area (Å²) in [7, 11) is 1.57. The van der Waals surface area contributed by atoms with Crippen molar-refractivity contribution in [2.45, 2.75) is 0 Å². The van der Waals surface area contributed by atoms with Crippen LogP contribution in [0.3, 0.4) is 0 Å². The number of methoxy groups -OCH3 is 1. The average molecular weight is 327 g/mol. The summed E-state index contributed by atoms with van der Waals surface area (Å²) < 4.78 is 15.8. The van der Waals surface area contributed by atoms with Gasteiger partial charge in [0, 0.05) is 12.1 Å². The second-order valence-electron chi connectivity index (χ2n) is 4.65. The molecule has 3 aromatic rings. The lowest BCUT2D eigenvalue weighted by atomic mass is 10.2. The lowest BCUT2D eigenvalue weighted by Gasteiger charge is -2.02. The molecule has 0 saturated carbocycles. The molecule has 0 amide bonds. The zero-order valence-electron chi connectivity index (χ0n) is 12.6. The summed E-state index contributed by atoms with van der Waals surface area (Å²) in [6.45, 7) is 0. The van der Waals surface area contributed by atoms with E-state index >= 15 is 0 Å². The topological polar surface area (TPSA) is 110 Å². The molecule has 0 unspecified atom stereocenters. The number of carbonyl (C=O) groups is 1. The Morgan fingerprint density at radius 3 is 2.71 bits per heavy atom. The van der Waals surface area contributed by atoms with Gasteiger partial charge in [0.25, 0.3) is 5.95 Å². The smallest absolute Gasteiger partial charge is 0.290 e. The van der Waals surface area contributed by atoms with Crippen molar-refractivity contribution in [3.05, 3.63) is 60.4 Å². The van der Waals surface area contributed by atoms with Crippen molar-refractivity contribution in [3.63, 3.8) is 0 Å². The van der Waals surface area contributed by atoms with Crippen molar-refractivity contribution in [2.75, 3.05) is 7.11 Å². The monoisotopic (exact) mass is 327 g/mol. The highest BCUT2D eigenvalue weighted by Gasteiger charge is 2.13. The molecular weight excluding hydrogens is 314 g/mol. The van der Waals surface area contributed by atoms with Gasteiger partial charge in [-0.1, -0.05) is 0 Å². The number of aromatic nitrogens is 3. The fourth-order valence-corrected chi connectivity index (χ4v) is 1.86. The van der Waals surface area contributed by atoms with Crippen LogP contribution in [0.1, 0.15) is 16.2 Å². The summed E-state index contributed by atoms with van der Waals surface area (Å²) in [5.74, 6) is 0.593. The SMILES string of the molecule is COc1ccc(Oc2cc(C(=O)C=C(O)c3nc[nH]n3)co2)cc1. The van der Waals surface area contributed by atoms with Crippen LogP contribution in [0.25, 0.3) is 5.76 Å². The number of aliphatic hydroxyl groups is 1. The van der Waals surface area contributed by atoms with E-state index in [1.54, 1.807) is 31.4 Å². The van der Waals surface area contributed by atoms with Crippen LogP contribution in [0.15, 0.2) is 53.4 Å². The predicted molar refractivity (Wildman–Crippen MR) is 83.1 cm³/mol. The summed E-state index contributed by atoms with van der Waals surface area (Å²) >= 11 is 0. The summed E-state index contributed by atoms with van der Waals surface area (Å²) in [6, 6.07) is 8.31. The Labute approximate surface area is 136 Å². The van der Waals surface area contributed by atoms with E-state index in [9.17, 15) is 9.90 Å². The van der Waals surface area contributed by atoms with Crippen LogP contribution in [0.4, 0.5) is 0 Å². The lowest BCUT2D eigenvalue weighted by molar-refractivity contribution is 0.104. The zero-order chi connectivity index (χ0) is 16.9. The van der Waals surface area contributed by atoms with Crippen LogP contribution in [0.5, 0.6) is 17.4 Å². The molecule has 0 radical (unpaired) electrons. The number of hydrogen-bond donors (Lipinski definition) is 2. The van der Waals surface area contributed by atoms with Gasteiger partial charge in [0.15, 0.2) is 11.5 Å². The number of H-pyrrole nitrogens is 1. The van der Waals surface area contributed by atoms with Gasteiger partial charge in [-0.2, -0.15) is 5.10 Å². The molecule has 8 nitrogen and oxygen atoms in total. The Hall–Kier alpha value is -3.55. The van der Waals surface area contributed by atoms with Crippen molar-refractivity contribution < 1.29 is 23.8 Å². The van der Waals surface area contributed by atoms with Crippen molar-refractivity contribution in [3.8, 4) is 17.4 Å². The Kier molecular flexibility index (Phi) is 4.28.